The SMILES string of the molecule is CCOc1ccc(CNC(=O)c2cc(OC)c(Br)c(OC)c2)cc1OC. The van der Waals surface area contributed by atoms with Gasteiger partial charge in [0.05, 0.1) is 27.9 Å². The molecule has 6 nitrogen and oxygen atoms in total. The van der Waals surface area contributed by atoms with Gasteiger partial charge in [-0.2, -0.15) is 0 Å². The number of benzene rings is 2. The van der Waals surface area contributed by atoms with Crippen molar-refractivity contribution >= 4 is 21.8 Å². The van der Waals surface area contributed by atoms with E-state index in [2.05, 4.69) is 21.2 Å². The second-order valence-electron chi connectivity index (χ2n) is 5.30. The number of carbonyl (C=O) groups excluding carboxylic acids is 1. The second-order valence-corrected chi connectivity index (χ2v) is 6.09. The first-order valence-corrected chi connectivity index (χ1v) is 8.82. The van der Waals surface area contributed by atoms with Crippen LogP contribution in [0.4, 0.5) is 0 Å². The Morgan fingerprint density at radius 2 is 1.58 bits per heavy atom. The Hall–Kier alpha value is -2.41. The summed E-state index contributed by atoms with van der Waals surface area (Å²) in [5.41, 5.74) is 1.34. The third-order valence-corrected chi connectivity index (χ3v) is 4.47. The molecule has 0 aliphatic carbocycles. The van der Waals surface area contributed by atoms with E-state index in [1.807, 2.05) is 25.1 Å². The maximum absolute atomic E-state index is 12.5. The van der Waals surface area contributed by atoms with Crippen molar-refractivity contribution in [1.29, 1.82) is 0 Å². The minimum Gasteiger partial charge on any atom is -0.495 e. The summed E-state index contributed by atoms with van der Waals surface area (Å²) in [6, 6.07) is 8.86. The number of ether oxygens (including phenoxy) is 4. The van der Waals surface area contributed by atoms with E-state index in [0.29, 0.717) is 46.2 Å². The van der Waals surface area contributed by atoms with Crippen molar-refractivity contribution in [3.8, 4) is 23.0 Å². The number of hydrogen-bond acceptors (Lipinski definition) is 5. The zero-order valence-corrected chi connectivity index (χ0v) is 16.8. The zero-order valence-electron chi connectivity index (χ0n) is 15.2. The standard InChI is InChI=1S/C19H22BrNO5/c1-5-26-14-7-6-12(8-15(14)23-2)11-21-19(22)13-9-16(24-3)18(20)17(10-13)25-4/h6-10H,5,11H2,1-4H3,(H,21,22). The lowest BCUT2D eigenvalue weighted by atomic mass is 10.1. The molecule has 0 spiro atoms. The predicted octanol–water partition coefficient (Wildman–Crippen LogP) is 3.80. The van der Waals surface area contributed by atoms with Crippen LogP contribution >= 0.6 is 15.9 Å². The van der Waals surface area contributed by atoms with Gasteiger partial charge in [-0.05, 0) is 52.7 Å². The Kier molecular flexibility index (Phi) is 7.15. The Labute approximate surface area is 161 Å². The first kappa shape index (κ1) is 19.9. The summed E-state index contributed by atoms with van der Waals surface area (Å²) in [7, 11) is 4.65. The van der Waals surface area contributed by atoms with E-state index in [4.69, 9.17) is 18.9 Å². The molecular weight excluding hydrogens is 402 g/mol. The van der Waals surface area contributed by atoms with Gasteiger partial charge in [-0.15, -0.1) is 0 Å². The van der Waals surface area contributed by atoms with Gasteiger partial charge in [-0.25, -0.2) is 0 Å². The summed E-state index contributed by atoms with van der Waals surface area (Å²) in [6.07, 6.45) is 0. The molecule has 0 aliphatic heterocycles. The lowest BCUT2D eigenvalue weighted by Gasteiger charge is -2.13. The number of nitrogens with one attached hydrogen (secondary N) is 1. The van der Waals surface area contributed by atoms with E-state index in [9.17, 15) is 4.79 Å². The van der Waals surface area contributed by atoms with Crippen LogP contribution < -0.4 is 24.3 Å². The van der Waals surface area contributed by atoms with Gasteiger partial charge in [0.2, 0.25) is 0 Å². The minimum atomic E-state index is -0.234. The molecule has 0 saturated heterocycles. The zero-order chi connectivity index (χ0) is 19.1. The molecule has 1 N–H and O–H groups in total. The van der Waals surface area contributed by atoms with Crippen LogP contribution in [0.15, 0.2) is 34.8 Å². The second kappa shape index (κ2) is 9.33. The van der Waals surface area contributed by atoms with Crippen molar-refractivity contribution in [2.24, 2.45) is 0 Å². The summed E-state index contributed by atoms with van der Waals surface area (Å²) in [6.45, 7) is 2.82. The van der Waals surface area contributed by atoms with Crippen LogP contribution in [0.2, 0.25) is 0 Å². The van der Waals surface area contributed by atoms with Gasteiger partial charge in [0.15, 0.2) is 11.5 Å². The van der Waals surface area contributed by atoms with Crippen LogP contribution in [-0.2, 0) is 6.54 Å². The molecule has 0 fully saturated rings. The molecule has 2 aromatic rings. The van der Waals surface area contributed by atoms with Crippen LogP contribution in [0.5, 0.6) is 23.0 Å². The number of hydrogen-bond donors (Lipinski definition) is 1. The Morgan fingerprint density at radius 1 is 0.962 bits per heavy atom. The minimum absolute atomic E-state index is 0.234. The molecule has 26 heavy (non-hydrogen) atoms. The van der Waals surface area contributed by atoms with Crippen molar-refractivity contribution in [2.75, 3.05) is 27.9 Å². The monoisotopic (exact) mass is 423 g/mol. The average molecular weight is 424 g/mol. The maximum Gasteiger partial charge on any atom is 0.251 e. The first-order valence-electron chi connectivity index (χ1n) is 8.03. The third-order valence-electron chi connectivity index (χ3n) is 3.69. The van der Waals surface area contributed by atoms with Crippen molar-refractivity contribution < 1.29 is 23.7 Å². The Bertz CT molecular complexity index is 754. The summed E-state index contributed by atoms with van der Waals surface area (Å²) in [5, 5.41) is 2.88. The van der Waals surface area contributed by atoms with E-state index in [1.54, 1.807) is 19.2 Å². The van der Waals surface area contributed by atoms with Gasteiger partial charge in [0.25, 0.3) is 5.91 Å². The fraction of sp³-hybridized carbons (Fsp3) is 0.316. The molecule has 0 aromatic heterocycles. The van der Waals surface area contributed by atoms with E-state index in [1.165, 1.54) is 14.2 Å². The van der Waals surface area contributed by atoms with Crippen molar-refractivity contribution in [3.05, 3.63) is 45.9 Å². The summed E-state index contributed by atoms with van der Waals surface area (Å²) < 4.78 is 22.0. The van der Waals surface area contributed by atoms with Gasteiger partial charge >= 0.3 is 0 Å². The smallest absolute Gasteiger partial charge is 0.251 e. The summed E-state index contributed by atoms with van der Waals surface area (Å²) in [5.74, 6) is 2.12. The van der Waals surface area contributed by atoms with Crippen molar-refractivity contribution in [1.82, 2.24) is 5.32 Å². The molecule has 0 unspecified atom stereocenters. The molecule has 0 bridgehead atoms. The van der Waals surface area contributed by atoms with Crippen LogP contribution in [0.1, 0.15) is 22.8 Å². The highest BCUT2D eigenvalue weighted by Gasteiger charge is 2.15. The van der Waals surface area contributed by atoms with E-state index in [-0.39, 0.29) is 5.91 Å². The lowest BCUT2D eigenvalue weighted by Crippen LogP contribution is -2.23. The molecule has 0 atom stereocenters. The van der Waals surface area contributed by atoms with E-state index in [0.717, 1.165) is 5.56 Å². The molecule has 0 saturated carbocycles. The van der Waals surface area contributed by atoms with E-state index >= 15 is 0 Å². The highest BCUT2D eigenvalue weighted by Crippen LogP contribution is 2.35. The maximum atomic E-state index is 12.5. The number of amides is 1. The Balaban J connectivity index is 2.14. The van der Waals surface area contributed by atoms with E-state index < -0.39 is 0 Å². The largest absolute Gasteiger partial charge is 0.495 e. The average Bonchev–Trinajstić information content (AvgIpc) is 2.67. The summed E-state index contributed by atoms with van der Waals surface area (Å²) >= 11 is 3.39. The van der Waals surface area contributed by atoms with Crippen LogP contribution in [0, 0.1) is 0 Å². The van der Waals surface area contributed by atoms with Gasteiger partial charge in [-0.3, -0.25) is 4.79 Å². The van der Waals surface area contributed by atoms with Gasteiger partial charge in [-0.1, -0.05) is 6.07 Å². The third kappa shape index (κ3) is 4.60. The lowest BCUT2D eigenvalue weighted by molar-refractivity contribution is 0.0950. The first-order chi connectivity index (χ1) is 12.5. The number of rotatable bonds is 8. The molecule has 0 radical (unpaired) electrons. The van der Waals surface area contributed by atoms with Gasteiger partial charge < -0.3 is 24.3 Å². The topological polar surface area (TPSA) is 66.0 Å². The van der Waals surface area contributed by atoms with Crippen molar-refractivity contribution in [3.63, 3.8) is 0 Å². The fourth-order valence-corrected chi connectivity index (χ4v) is 2.93. The number of carbonyl (C=O) groups is 1. The van der Waals surface area contributed by atoms with Crippen LogP contribution in [-0.4, -0.2) is 33.8 Å². The molecule has 7 heteroatoms. The molecule has 140 valence electrons. The van der Waals surface area contributed by atoms with Gasteiger partial charge in [0.1, 0.15) is 16.0 Å². The Morgan fingerprint density at radius 3 is 2.12 bits per heavy atom. The highest BCUT2D eigenvalue weighted by atomic mass is 79.9. The molecule has 1 amide bonds. The molecule has 0 heterocycles. The fourth-order valence-electron chi connectivity index (χ4n) is 2.38. The molecular formula is C19H22BrNO5. The van der Waals surface area contributed by atoms with Crippen LogP contribution in [0.25, 0.3) is 0 Å². The molecule has 2 aromatic carbocycles. The quantitative estimate of drug-likeness (QED) is 0.699. The van der Waals surface area contributed by atoms with Crippen molar-refractivity contribution in [2.45, 2.75) is 13.5 Å². The number of methoxy groups -OCH3 is 3. The molecule has 0 aliphatic rings. The molecule has 2 rings (SSSR count). The highest BCUT2D eigenvalue weighted by molar-refractivity contribution is 9.10. The summed E-state index contributed by atoms with van der Waals surface area (Å²) in [4.78, 5) is 12.5. The normalized spacial score (nSPS) is 10.2. The van der Waals surface area contributed by atoms with Crippen LogP contribution in [0.3, 0.4) is 0 Å². The predicted molar refractivity (Wildman–Crippen MR) is 103 cm³/mol. The van der Waals surface area contributed by atoms with Gasteiger partial charge in [0, 0.05) is 12.1 Å². The number of halogens is 1.